The van der Waals surface area contributed by atoms with Crippen LogP contribution in [0.25, 0.3) is 0 Å². The molecule has 10 heteroatoms. The van der Waals surface area contributed by atoms with Gasteiger partial charge >= 0.3 is 0 Å². The van der Waals surface area contributed by atoms with Crippen LogP contribution in [0.5, 0.6) is 0 Å². The number of hydrogen-bond donors (Lipinski definition) is 4. The highest BCUT2D eigenvalue weighted by Crippen LogP contribution is 2.19. The molecule has 0 aromatic rings. The summed E-state index contributed by atoms with van der Waals surface area (Å²) < 4.78 is 0. The fraction of sp³-hybridized carbons (Fsp3) is 0.462. The Morgan fingerprint density at radius 1 is 0.722 bits per heavy atom. The monoisotopic (exact) mass is 530 g/mol. The largest absolute Gasteiger partial charge is 0.353 e. The zero-order chi connectivity index (χ0) is 26.5. The van der Waals surface area contributed by atoms with Crippen molar-refractivity contribution in [3.05, 3.63) is 59.1 Å². The van der Waals surface area contributed by atoms with Gasteiger partial charge in [-0.3, -0.25) is 19.2 Å². The summed E-state index contributed by atoms with van der Waals surface area (Å²) in [6.45, 7) is 8.46. The fourth-order valence-corrected chi connectivity index (χ4v) is 5.03. The Labute approximate surface area is 220 Å². The van der Waals surface area contributed by atoms with Crippen LogP contribution in [-0.4, -0.2) is 60.3 Å². The van der Waals surface area contributed by atoms with Crippen LogP contribution in [0, 0.1) is 11.8 Å². The van der Waals surface area contributed by atoms with Gasteiger partial charge in [-0.15, -0.1) is 11.5 Å². The molecule has 2 aliphatic rings. The van der Waals surface area contributed by atoms with Crippen LogP contribution < -0.4 is 21.3 Å². The van der Waals surface area contributed by atoms with E-state index in [-0.39, 0.29) is 35.5 Å². The molecule has 0 heterocycles. The molecule has 4 N–H and O–H groups in total. The van der Waals surface area contributed by atoms with Crippen LogP contribution in [0.1, 0.15) is 27.7 Å². The lowest BCUT2D eigenvalue weighted by atomic mass is 10.0. The van der Waals surface area contributed by atoms with E-state index < -0.39 is 12.1 Å². The summed E-state index contributed by atoms with van der Waals surface area (Å²) >= 11 is 0. The van der Waals surface area contributed by atoms with E-state index in [1.165, 1.54) is 0 Å². The first-order chi connectivity index (χ1) is 17.2. The molecule has 0 aromatic carbocycles. The summed E-state index contributed by atoms with van der Waals surface area (Å²) in [6.07, 6.45) is 10.1. The molecule has 0 saturated heterocycles. The fourth-order valence-electron chi connectivity index (χ4n) is 3.22. The molecule has 0 fully saturated rings. The highest BCUT2D eigenvalue weighted by molar-refractivity contribution is 8.76. The zero-order valence-corrected chi connectivity index (χ0v) is 22.7. The van der Waals surface area contributed by atoms with Crippen LogP contribution in [0.4, 0.5) is 0 Å². The summed E-state index contributed by atoms with van der Waals surface area (Å²) in [7, 11) is 3.17. The maximum absolute atomic E-state index is 12.5. The second-order valence-electron chi connectivity index (χ2n) is 8.78. The maximum Gasteiger partial charge on any atom is 0.259 e. The molecule has 0 spiro atoms. The smallest absolute Gasteiger partial charge is 0.259 e. The van der Waals surface area contributed by atoms with E-state index in [9.17, 15) is 19.2 Å². The lowest BCUT2D eigenvalue weighted by molar-refractivity contribution is -0.128. The molecule has 0 saturated carbocycles. The Kier molecular flexibility index (Phi) is 12.4. The molecule has 0 aromatic heterocycles. The lowest BCUT2D eigenvalue weighted by Crippen LogP contribution is -2.50. The van der Waals surface area contributed by atoms with E-state index in [0.29, 0.717) is 35.7 Å². The Balaban J connectivity index is 1.61. The molecule has 2 aliphatic carbocycles. The number of nitrogens with one attached hydrogen (secondary N) is 4. The van der Waals surface area contributed by atoms with Gasteiger partial charge in [-0.05, 0) is 36.1 Å². The van der Waals surface area contributed by atoms with Crippen molar-refractivity contribution in [2.24, 2.45) is 11.8 Å². The predicted molar refractivity (Wildman–Crippen MR) is 146 cm³/mol. The van der Waals surface area contributed by atoms with Crippen LogP contribution in [0.15, 0.2) is 59.1 Å². The minimum absolute atomic E-state index is 0.0585. The van der Waals surface area contributed by atoms with Crippen molar-refractivity contribution in [2.45, 2.75) is 39.8 Å². The molecule has 0 bridgehead atoms. The van der Waals surface area contributed by atoms with Crippen LogP contribution in [0.3, 0.4) is 0 Å². The van der Waals surface area contributed by atoms with Crippen LogP contribution >= 0.6 is 21.6 Å². The van der Waals surface area contributed by atoms with E-state index in [1.807, 2.05) is 27.7 Å². The first kappa shape index (κ1) is 29.3. The summed E-state index contributed by atoms with van der Waals surface area (Å²) in [4.78, 5) is 49.6. The van der Waals surface area contributed by atoms with Gasteiger partial charge in [0.05, 0.1) is 11.1 Å². The van der Waals surface area contributed by atoms with Crippen molar-refractivity contribution in [1.29, 1.82) is 0 Å². The number of amides is 4. The molecular weight excluding hydrogens is 496 g/mol. The van der Waals surface area contributed by atoms with Gasteiger partial charge in [-0.25, -0.2) is 0 Å². The minimum Gasteiger partial charge on any atom is -0.353 e. The van der Waals surface area contributed by atoms with Gasteiger partial charge in [0.1, 0.15) is 12.1 Å². The van der Waals surface area contributed by atoms with Crippen molar-refractivity contribution in [2.75, 3.05) is 24.6 Å². The minimum atomic E-state index is -0.625. The van der Waals surface area contributed by atoms with Crippen molar-refractivity contribution >= 4 is 45.2 Å². The third-order valence-electron chi connectivity index (χ3n) is 5.21. The SMILES string of the molecule is CC(C)[C@H](NC(=O)C1=C=CC=C1)C(=O)NCCSSCCNC(=O)[C@@H](NC(=O)C1=C=CC=C1)C(C)C. The molecule has 0 aliphatic heterocycles. The average Bonchev–Trinajstić information content (AvgIpc) is 3.56. The Morgan fingerprint density at radius 3 is 1.42 bits per heavy atom. The molecule has 0 unspecified atom stereocenters. The van der Waals surface area contributed by atoms with Gasteiger partial charge in [0, 0.05) is 24.6 Å². The number of carbonyl (C=O) groups is 4. The molecular formula is C26H34N4O4S2. The van der Waals surface area contributed by atoms with Gasteiger partial charge in [-0.1, -0.05) is 61.4 Å². The predicted octanol–water partition coefficient (Wildman–Crippen LogP) is 2.18. The number of carbonyl (C=O) groups excluding carboxylic acids is 4. The van der Waals surface area contributed by atoms with Gasteiger partial charge in [-0.2, -0.15) is 0 Å². The number of hydrogen-bond acceptors (Lipinski definition) is 6. The number of rotatable bonds is 15. The molecule has 2 rings (SSSR count). The summed E-state index contributed by atoms with van der Waals surface area (Å²) in [5, 5.41) is 11.3. The second-order valence-corrected chi connectivity index (χ2v) is 11.5. The highest BCUT2D eigenvalue weighted by Gasteiger charge is 2.26. The van der Waals surface area contributed by atoms with Gasteiger partial charge in [0.2, 0.25) is 11.8 Å². The molecule has 36 heavy (non-hydrogen) atoms. The van der Waals surface area contributed by atoms with Crippen molar-refractivity contribution in [3.63, 3.8) is 0 Å². The van der Waals surface area contributed by atoms with Crippen molar-refractivity contribution < 1.29 is 19.2 Å². The molecule has 0 radical (unpaired) electrons. The molecule has 2 atom stereocenters. The summed E-state index contributed by atoms with van der Waals surface area (Å²) in [6, 6.07) is -1.25. The molecule has 194 valence electrons. The first-order valence-corrected chi connectivity index (χ1v) is 14.4. The molecule has 4 amide bonds. The standard InChI is InChI=1S/C26H34N4O4S2/c1-17(2)21(29-23(31)19-9-5-6-10-19)25(33)27-13-15-35-36-16-14-28-26(34)22(18(3)4)30-24(32)20-11-7-8-12-20/h5-9,11,17-18,21-22H,13-16H2,1-4H3,(H,27,33)(H,28,34)(H,29,31)(H,30,32)/t21-,22-/m0/s1. The van der Waals surface area contributed by atoms with E-state index in [2.05, 4.69) is 32.7 Å². The second kappa shape index (κ2) is 15.3. The third kappa shape index (κ3) is 9.63. The van der Waals surface area contributed by atoms with Crippen LogP contribution in [-0.2, 0) is 19.2 Å². The van der Waals surface area contributed by atoms with E-state index in [1.54, 1.807) is 58.0 Å². The van der Waals surface area contributed by atoms with Gasteiger partial charge in [0.15, 0.2) is 0 Å². The highest BCUT2D eigenvalue weighted by atomic mass is 33.1. The molecule has 8 nitrogen and oxygen atoms in total. The van der Waals surface area contributed by atoms with Crippen LogP contribution in [0.2, 0.25) is 0 Å². The van der Waals surface area contributed by atoms with E-state index in [4.69, 9.17) is 0 Å². The van der Waals surface area contributed by atoms with Gasteiger partial charge in [0.25, 0.3) is 11.8 Å². The quantitative estimate of drug-likeness (QED) is 0.147. The summed E-state index contributed by atoms with van der Waals surface area (Å²) in [5.74, 6) is 0.177. The normalized spacial score (nSPS) is 15.1. The Bertz CT molecular complexity index is 951. The Hall–Kier alpha value is -2.90. The average molecular weight is 531 g/mol. The Morgan fingerprint density at radius 2 is 1.11 bits per heavy atom. The van der Waals surface area contributed by atoms with E-state index >= 15 is 0 Å². The van der Waals surface area contributed by atoms with Crippen molar-refractivity contribution in [3.8, 4) is 0 Å². The van der Waals surface area contributed by atoms with Gasteiger partial charge < -0.3 is 21.3 Å². The van der Waals surface area contributed by atoms with Crippen molar-refractivity contribution in [1.82, 2.24) is 21.3 Å². The summed E-state index contributed by atoms with van der Waals surface area (Å²) in [5.41, 5.74) is 6.49. The number of allylic oxidation sites excluding steroid dienone is 2. The van der Waals surface area contributed by atoms with E-state index in [0.717, 1.165) is 0 Å². The topological polar surface area (TPSA) is 116 Å². The lowest BCUT2D eigenvalue weighted by Gasteiger charge is -2.21. The first-order valence-electron chi connectivity index (χ1n) is 11.9. The zero-order valence-electron chi connectivity index (χ0n) is 21.1. The third-order valence-corrected chi connectivity index (χ3v) is 7.62. The maximum atomic E-state index is 12.5.